The van der Waals surface area contributed by atoms with Crippen LogP contribution < -0.4 is 11.0 Å². The van der Waals surface area contributed by atoms with Gasteiger partial charge in [-0.25, -0.2) is 14.8 Å². The smallest absolute Gasteiger partial charge is 0.349 e. The summed E-state index contributed by atoms with van der Waals surface area (Å²) in [5, 5.41) is 3.60. The van der Waals surface area contributed by atoms with Crippen molar-refractivity contribution in [2.24, 2.45) is 0 Å². The van der Waals surface area contributed by atoms with Gasteiger partial charge in [0.25, 0.3) is 0 Å². The maximum absolute atomic E-state index is 11.6. The number of nitrogens with one attached hydrogen (secondary N) is 1. The van der Waals surface area contributed by atoms with Crippen LogP contribution in [0.1, 0.15) is 19.9 Å². The van der Waals surface area contributed by atoms with Crippen molar-refractivity contribution < 1.29 is 0 Å². The molecular weight excluding hydrogens is 206 g/mol. The third-order valence-corrected chi connectivity index (χ3v) is 2.28. The summed E-state index contributed by atoms with van der Waals surface area (Å²) in [4.78, 5) is 23.8. The lowest BCUT2D eigenvalue weighted by molar-refractivity contribution is 0.581. The zero-order valence-electron chi connectivity index (χ0n) is 9.43. The first-order chi connectivity index (χ1) is 7.63. The summed E-state index contributed by atoms with van der Waals surface area (Å²) in [5.41, 5.74) is 0.317. The summed E-state index contributed by atoms with van der Waals surface area (Å²) in [6, 6.07) is 0.0170. The standard InChI is InChI=1S/C10H13N5O/c1-6(2)15-8-7(5-13-10(15)16)4-12-9(11-3)14-8/h4-6H,1-3H3,(H,11,12,14). The molecule has 0 radical (unpaired) electrons. The predicted molar refractivity (Wildman–Crippen MR) is 61.5 cm³/mol. The maximum atomic E-state index is 11.6. The van der Waals surface area contributed by atoms with E-state index in [4.69, 9.17) is 0 Å². The van der Waals surface area contributed by atoms with Crippen molar-refractivity contribution in [3.63, 3.8) is 0 Å². The van der Waals surface area contributed by atoms with Crippen LogP contribution in [-0.4, -0.2) is 26.6 Å². The summed E-state index contributed by atoms with van der Waals surface area (Å²) < 4.78 is 1.55. The molecule has 0 amide bonds. The first kappa shape index (κ1) is 10.5. The van der Waals surface area contributed by atoms with Crippen molar-refractivity contribution in [3.8, 4) is 0 Å². The van der Waals surface area contributed by atoms with Gasteiger partial charge < -0.3 is 5.32 Å². The monoisotopic (exact) mass is 219 g/mol. The van der Waals surface area contributed by atoms with Gasteiger partial charge >= 0.3 is 5.69 Å². The highest BCUT2D eigenvalue weighted by atomic mass is 16.1. The molecule has 84 valence electrons. The lowest BCUT2D eigenvalue weighted by Crippen LogP contribution is -2.25. The predicted octanol–water partition coefficient (Wildman–Crippen LogP) is 0.809. The molecule has 1 N–H and O–H groups in total. The Hall–Kier alpha value is -1.98. The minimum atomic E-state index is -0.289. The molecule has 2 rings (SSSR count). The van der Waals surface area contributed by atoms with Crippen LogP contribution in [-0.2, 0) is 0 Å². The van der Waals surface area contributed by atoms with Crippen LogP contribution in [0.2, 0.25) is 0 Å². The number of aromatic nitrogens is 4. The highest BCUT2D eigenvalue weighted by Gasteiger charge is 2.09. The first-order valence-corrected chi connectivity index (χ1v) is 5.05. The molecule has 0 aliphatic carbocycles. The van der Waals surface area contributed by atoms with Gasteiger partial charge in [-0.05, 0) is 13.8 Å². The number of hydrogen-bond acceptors (Lipinski definition) is 5. The van der Waals surface area contributed by atoms with E-state index in [9.17, 15) is 4.79 Å². The number of rotatable bonds is 2. The fourth-order valence-corrected chi connectivity index (χ4v) is 1.53. The van der Waals surface area contributed by atoms with Crippen LogP contribution in [0.5, 0.6) is 0 Å². The van der Waals surface area contributed by atoms with E-state index in [-0.39, 0.29) is 11.7 Å². The largest absolute Gasteiger partial charge is 0.357 e. The summed E-state index contributed by atoms with van der Waals surface area (Å²) >= 11 is 0. The molecule has 0 unspecified atom stereocenters. The van der Waals surface area contributed by atoms with Crippen LogP contribution in [0.3, 0.4) is 0 Å². The van der Waals surface area contributed by atoms with Crippen molar-refractivity contribution >= 4 is 17.0 Å². The van der Waals surface area contributed by atoms with E-state index in [1.165, 1.54) is 6.20 Å². The summed E-state index contributed by atoms with van der Waals surface area (Å²) in [6.45, 7) is 3.84. The minimum absolute atomic E-state index is 0.0170. The third kappa shape index (κ3) is 1.62. The van der Waals surface area contributed by atoms with Crippen LogP contribution in [0.4, 0.5) is 5.95 Å². The van der Waals surface area contributed by atoms with Crippen LogP contribution in [0.15, 0.2) is 17.2 Å². The third-order valence-electron chi connectivity index (χ3n) is 2.28. The number of fused-ring (bicyclic) bond motifs is 1. The van der Waals surface area contributed by atoms with Crippen molar-refractivity contribution in [2.45, 2.75) is 19.9 Å². The van der Waals surface area contributed by atoms with Gasteiger partial charge in [0.05, 0.1) is 5.39 Å². The van der Waals surface area contributed by atoms with Gasteiger partial charge in [-0.3, -0.25) is 4.57 Å². The van der Waals surface area contributed by atoms with Gasteiger partial charge in [-0.2, -0.15) is 4.98 Å². The minimum Gasteiger partial charge on any atom is -0.357 e. The zero-order valence-corrected chi connectivity index (χ0v) is 9.43. The average molecular weight is 219 g/mol. The molecule has 6 heteroatoms. The molecule has 0 aromatic carbocycles. The molecule has 0 atom stereocenters. The quantitative estimate of drug-likeness (QED) is 0.809. The molecule has 0 saturated heterocycles. The molecule has 0 aliphatic heterocycles. The molecule has 0 spiro atoms. The van der Waals surface area contributed by atoms with Gasteiger partial charge in [0, 0.05) is 25.5 Å². The van der Waals surface area contributed by atoms with Crippen molar-refractivity contribution in [2.75, 3.05) is 12.4 Å². The maximum Gasteiger partial charge on any atom is 0.349 e. The van der Waals surface area contributed by atoms with Gasteiger partial charge in [-0.15, -0.1) is 0 Å². The highest BCUT2D eigenvalue weighted by molar-refractivity contribution is 5.74. The average Bonchev–Trinajstić information content (AvgIpc) is 2.27. The lowest BCUT2D eigenvalue weighted by Gasteiger charge is -2.11. The van der Waals surface area contributed by atoms with Gasteiger partial charge in [0.15, 0.2) is 5.65 Å². The molecule has 0 aliphatic rings. The Labute approximate surface area is 92.4 Å². The lowest BCUT2D eigenvalue weighted by atomic mass is 10.3. The van der Waals surface area contributed by atoms with Gasteiger partial charge in [0.2, 0.25) is 5.95 Å². The molecule has 0 fully saturated rings. The van der Waals surface area contributed by atoms with Crippen molar-refractivity contribution in [1.29, 1.82) is 0 Å². The van der Waals surface area contributed by atoms with Crippen molar-refractivity contribution in [3.05, 3.63) is 22.9 Å². The Morgan fingerprint density at radius 3 is 2.62 bits per heavy atom. The van der Waals surface area contributed by atoms with Crippen LogP contribution >= 0.6 is 0 Å². The Kier molecular flexibility index (Phi) is 2.55. The second-order valence-corrected chi connectivity index (χ2v) is 3.73. The second kappa shape index (κ2) is 3.88. The molecule has 6 nitrogen and oxygen atoms in total. The molecule has 2 aromatic heterocycles. The topological polar surface area (TPSA) is 72.7 Å². The number of anilines is 1. The van der Waals surface area contributed by atoms with E-state index in [0.717, 1.165) is 5.39 Å². The van der Waals surface area contributed by atoms with E-state index < -0.39 is 0 Å². The number of hydrogen-bond donors (Lipinski definition) is 1. The van der Waals surface area contributed by atoms with Gasteiger partial charge in [-0.1, -0.05) is 0 Å². The number of nitrogens with zero attached hydrogens (tertiary/aromatic N) is 4. The first-order valence-electron chi connectivity index (χ1n) is 5.05. The Morgan fingerprint density at radius 1 is 1.31 bits per heavy atom. The summed E-state index contributed by atoms with van der Waals surface area (Å²) in [5.74, 6) is 0.493. The van der Waals surface area contributed by atoms with E-state index in [2.05, 4.69) is 20.3 Å². The molecule has 0 saturated carbocycles. The zero-order chi connectivity index (χ0) is 11.7. The van der Waals surface area contributed by atoms with E-state index >= 15 is 0 Å². The highest BCUT2D eigenvalue weighted by Crippen LogP contribution is 2.12. The SMILES string of the molecule is CNc1ncc2cnc(=O)n(C(C)C)c2n1. The second-order valence-electron chi connectivity index (χ2n) is 3.73. The normalized spacial score (nSPS) is 11.0. The van der Waals surface area contributed by atoms with Crippen molar-refractivity contribution in [1.82, 2.24) is 19.5 Å². The fraction of sp³-hybridized carbons (Fsp3) is 0.400. The Bertz CT molecular complexity index is 575. The molecule has 2 heterocycles. The van der Waals surface area contributed by atoms with Gasteiger partial charge in [0.1, 0.15) is 0 Å². The van der Waals surface area contributed by atoms with E-state index in [1.54, 1.807) is 17.8 Å². The van der Waals surface area contributed by atoms with Crippen LogP contribution in [0.25, 0.3) is 11.0 Å². The van der Waals surface area contributed by atoms with E-state index in [0.29, 0.717) is 11.6 Å². The molecule has 16 heavy (non-hydrogen) atoms. The molecular formula is C10H13N5O. The summed E-state index contributed by atoms with van der Waals surface area (Å²) in [7, 11) is 1.74. The Balaban J connectivity index is 2.83. The van der Waals surface area contributed by atoms with Crippen LogP contribution in [0, 0.1) is 0 Å². The fourth-order valence-electron chi connectivity index (χ4n) is 1.53. The Morgan fingerprint density at radius 2 is 2.00 bits per heavy atom. The molecule has 0 bridgehead atoms. The molecule has 2 aromatic rings. The summed E-state index contributed by atoms with van der Waals surface area (Å²) in [6.07, 6.45) is 3.15. The van der Waals surface area contributed by atoms with E-state index in [1.807, 2.05) is 13.8 Å².